The third-order valence-corrected chi connectivity index (χ3v) is 8.50. The number of rotatable bonds is 9. The Morgan fingerprint density at radius 3 is 2.04 bits per heavy atom. The van der Waals surface area contributed by atoms with E-state index >= 15 is 0 Å². The van der Waals surface area contributed by atoms with Crippen molar-refractivity contribution in [2.24, 2.45) is 4.99 Å². The summed E-state index contributed by atoms with van der Waals surface area (Å²) in [5, 5.41) is 12.0. The summed E-state index contributed by atoms with van der Waals surface area (Å²) in [6.07, 6.45) is -0.0742. The lowest BCUT2D eigenvalue weighted by molar-refractivity contribution is -0.0904. The zero-order valence-corrected chi connectivity index (χ0v) is 26.3. The van der Waals surface area contributed by atoms with Gasteiger partial charge in [0.2, 0.25) is 0 Å². The Bertz CT molecular complexity index is 2030. The maximum atomic E-state index is 13.3. The first-order chi connectivity index (χ1) is 23.5. The van der Waals surface area contributed by atoms with E-state index in [1.54, 1.807) is 43.1 Å². The van der Waals surface area contributed by atoms with Crippen molar-refractivity contribution in [1.82, 2.24) is 19.5 Å². The standard InChI is InChI=1S/C37H33N5O6/c1-45-28-17-13-26(14-18-28)37(25-11-7-4-8-12-25,27-15-19-29(46-2)20-16-27)48-30-21-47-36(32(30)43)42-23-40-33-31(38-22-39-33)34(42)41-35(44)24-9-5-3-6-10-24/h3-20,22-23,30,32,36,43H,21H2,1-2H3,(H,38,39)/t30-,32+,36+/m0/s1. The molecule has 0 bridgehead atoms. The number of nitrogens with zero attached hydrogens (tertiary/aromatic N) is 4. The summed E-state index contributed by atoms with van der Waals surface area (Å²) in [5.74, 6) is 0.923. The number of aromatic nitrogens is 4. The second-order valence-corrected chi connectivity index (χ2v) is 11.2. The first kappa shape index (κ1) is 31.0. The Balaban J connectivity index is 1.33. The predicted molar refractivity (Wildman–Crippen MR) is 176 cm³/mol. The molecule has 11 nitrogen and oxygen atoms in total. The van der Waals surface area contributed by atoms with Crippen LogP contribution in [0.15, 0.2) is 127 Å². The Labute approximate surface area is 276 Å². The van der Waals surface area contributed by atoms with Gasteiger partial charge in [0, 0.05) is 5.56 Å². The van der Waals surface area contributed by atoms with Crippen molar-refractivity contribution >= 4 is 17.1 Å². The Morgan fingerprint density at radius 1 is 0.854 bits per heavy atom. The average molecular weight is 644 g/mol. The van der Waals surface area contributed by atoms with Gasteiger partial charge in [-0.25, -0.2) is 9.97 Å². The molecule has 1 saturated heterocycles. The van der Waals surface area contributed by atoms with Gasteiger partial charge in [-0.05, 0) is 53.1 Å². The lowest BCUT2D eigenvalue weighted by atomic mass is 9.79. The largest absolute Gasteiger partial charge is 0.497 e. The minimum absolute atomic E-state index is 0.0345. The molecule has 6 aromatic rings. The Morgan fingerprint density at radius 2 is 1.44 bits per heavy atom. The van der Waals surface area contributed by atoms with Gasteiger partial charge >= 0.3 is 0 Å². The first-order valence-electron chi connectivity index (χ1n) is 15.4. The number of fused-ring (bicyclic) bond motifs is 1. The smallest absolute Gasteiger partial charge is 0.279 e. The normalized spacial score (nSPS) is 18.2. The fourth-order valence-electron chi connectivity index (χ4n) is 6.07. The molecule has 0 saturated carbocycles. The second kappa shape index (κ2) is 13.2. The Hall–Kier alpha value is -5.62. The second-order valence-electron chi connectivity index (χ2n) is 11.2. The van der Waals surface area contributed by atoms with E-state index in [1.165, 1.54) is 12.7 Å². The molecule has 48 heavy (non-hydrogen) atoms. The van der Waals surface area contributed by atoms with Crippen LogP contribution in [0.5, 0.6) is 11.5 Å². The molecule has 7 rings (SSSR count). The maximum Gasteiger partial charge on any atom is 0.279 e. The number of imidazole rings is 1. The number of hydrogen-bond acceptors (Lipinski definition) is 8. The molecule has 0 spiro atoms. The number of hydrogen-bond donors (Lipinski definition) is 2. The molecule has 1 fully saturated rings. The molecule has 1 aliphatic heterocycles. The van der Waals surface area contributed by atoms with E-state index in [2.05, 4.69) is 19.9 Å². The molecule has 0 radical (unpaired) electrons. The van der Waals surface area contributed by atoms with Crippen molar-refractivity contribution in [3.63, 3.8) is 0 Å². The molecule has 1 amide bonds. The molecular formula is C37H33N5O6. The van der Waals surface area contributed by atoms with Crippen LogP contribution in [-0.2, 0) is 15.1 Å². The number of aliphatic hydroxyl groups excluding tert-OH is 1. The SMILES string of the molecule is COc1ccc(C(O[C@H]2CO[C@@H](n3cnc4nc[nH]c4c3=NC(=O)c3ccccc3)[C@@H]2O)(c2ccccc2)c2ccc(OC)cc2)cc1. The van der Waals surface area contributed by atoms with E-state index in [4.69, 9.17) is 18.9 Å². The third-order valence-electron chi connectivity index (χ3n) is 8.50. The summed E-state index contributed by atoms with van der Waals surface area (Å²) >= 11 is 0. The highest BCUT2D eigenvalue weighted by atomic mass is 16.6. The lowest BCUT2D eigenvalue weighted by Crippen LogP contribution is -2.42. The van der Waals surface area contributed by atoms with Crippen molar-refractivity contribution < 1.29 is 28.8 Å². The highest BCUT2D eigenvalue weighted by Crippen LogP contribution is 2.44. The summed E-state index contributed by atoms with van der Waals surface area (Å²) in [4.78, 5) is 29.4. The summed E-state index contributed by atoms with van der Waals surface area (Å²) in [6, 6.07) is 33.9. The average Bonchev–Trinajstić information content (AvgIpc) is 3.78. The van der Waals surface area contributed by atoms with Gasteiger partial charge in [0.1, 0.15) is 41.2 Å². The number of H-pyrrole nitrogens is 1. The maximum absolute atomic E-state index is 13.3. The number of carbonyl (C=O) groups excluding carboxylic acids is 1. The molecule has 0 aliphatic carbocycles. The zero-order chi connectivity index (χ0) is 33.1. The van der Waals surface area contributed by atoms with Gasteiger partial charge in [-0.2, -0.15) is 4.99 Å². The quantitative estimate of drug-likeness (QED) is 0.215. The van der Waals surface area contributed by atoms with Crippen LogP contribution in [0.1, 0.15) is 33.3 Å². The molecule has 3 atom stereocenters. The van der Waals surface area contributed by atoms with Crippen molar-refractivity contribution in [2.45, 2.75) is 24.0 Å². The molecule has 2 N–H and O–H groups in total. The van der Waals surface area contributed by atoms with Crippen LogP contribution in [0.2, 0.25) is 0 Å². The molecule has 242 valence electrons. The van der Waals surface area contributed by atoms with E-state index < -0.39 is 29.9 Å². The fraction of sp³-hybridized carbons (Fsp3) is 0.189. The predicted octanol–water partition coefficient (Wildman–Crippen LogP) is 4.78. The molecule has 3 heterocycles. The lowest BCUT2D eigenvalue weighted by Gasteiger charge is -2.38. The molecule has 1 aliphatic rings. The molecule has 4 aromatic carbocycles. The van der Waals surface area contributed by atoms with E-state index in [9.17, 15) is 9.90 Å². The molecule has 2 aromatic heterocycles. The minimum Gasteiger partial charge on any atom is -0.497 e. The van der Waals surface area contributed by atoms with Crippen molar-refractivity contribution in [1.29, 1.82) is 0 Å². The summed E-state index contributed by atoms with van der Waals surface area (Å²) < 4.78 is 25.8. The van der Waals surface area contributed by atoms with Crippen molar-refractivity contribution in [3.05, 3.63) is 150 Å². The summed E-state index contributed by atoms with van der Waals surface area (Å²) in [5.41, 5.74) is 2.71. The van der Waals surface area contributed by atoms with Crippen LogP contribution in [0.3, 0.4) is 0 Å². The van der Waals surface area contributed by atoms with Gasteiger partial charge < -0.3 is 29.0 Å². The summed E-state index contributed by atoms with van der Waals surface area (Å²) in [7, 11) is 3.24. The van der Waals surface area contributed by atoms with Gasteiger partial charge in [-0.3, -0.25) is 9.36 Å². The van der Waals surface area contributed by atoms with Crippen LogP contribution in [0.25, 0.3) is 11.2 Å². The van der Waals surface area contributed by atoms with Gasteiger partial charge in [-0.1, -0.05) is 72.8 Å². The van der Waals surface area contributed by atoms with Gasteiger partial charge in [-0.15, -0.1) is 0 Å². The topological polar surface area (TPSA) is 133 Å². The van der Waals surface area contributed by atoms with Gasteiger partial charge in [0.05, 0.1) is 27.2 Å². The number of methoxy groups -OCH3 is 2. The van der Waals surface area contributed by atoms with Crippen LogP contribution >= 0.6 is 0 Å². The van der Waals surface area contributed by atoms with E-state index in [1.807, 2.05) is 84.9 Å². The highest BCUT2D eigenvalue weighted by molar-refractivity contribution is 5.95. The van der Waals surface area contributed by atoms with Crippen LogP contribution in [0, 0.1) is 0 Å². The minimum atomic E-state index is -1.20. The van der Waals surface area contributed by atoms with Gasteiger partial charge in [0.15, 0.2) is 17.4 Å². The molecular weight excluding hydrogens is 610 g/mol. The summed E-state index contributed by atoms with van der Waals surface area (Å²) in [6.45, 7) is 0.0345. The van der Waals surface area contributed by atoms with Crippen LogP contribution in [0.4, 0.5) is 0 Å². The van der Waals surface area contributed by atoms with Crippen LogP contribution < -0.4 is 15.0 Å². The third kappa shape index (κ3) is 5.64. The zero-order valence-electron chi connectivity index (χ0n) is 26.3. The number of ether oxygens (including phenoxy) is 4. The number of benzene rings is 4. The number of aliphatic hydroxyl groups is 1. The van der Waals surface area contributed by atoms with Crippen LogP contribution in [-0.4, -0.2) is 63.6 Å². The monoisotopic (exact) mass is 643 g/mol. The highest BCUT2D eigenvalue weighted by Gasteiger charge is 2.46. The number of aromatic amines is 1. The van der Waals surface area contributed by atoms with E-state index in [0.29, 0.717) is 28.2 Å². The Kier molecular flexibility index (Phi) is 8.55. The fourth-order valence-corrected chi connectivity index (χ4v) is 6.07. The molecule has 0 unspecified atom stereocenters. The van der Waals surface area contributed by atoms with Crippen molar-refractivity contribution in [3.8, 4) is 11.5 Å². The number of nitrogens with one attached hydrogen (secondary N) is 1. The first-order valence-corrected chi connectivity index (χ1v) is 15.4. The number of carbonyl (C=O) groups is 1. The molecule has 11 heteroatoms. The van der Waals surface area contributed by atoms with Gasteiger partial charge in [0.25, 0.3) is 5.91 Å². The number of amides is 1. The van der Waals surface area contributed by atoms with E-state index in [0.717, 1.165) is 16.7 Å². The van der Waals surface area contributed by atoms with E-state index in [-0.39, 0.29) is 12.1 Å². The van der Waals surface area contributed by atoms with Crippen molar-refractivity contribution in [2.75, 3.05) is 20.8 Å².